The zero-order valence-corrected chi connectivity index (χ0v) is 14.0. The fraction of sp³-hybridized carbons (Fsp3) is 0.450. The van der Waals surface area contributed by atoms with Gasteiger partial charge in [-0.05, 0) is 62.6 Å². The Labute approximate surface area is 142 Å². The molecule has 0 amide bonds. The number of benzene rings is 1. The van der Waals surface area contributed by atoms with Crippen molar-refractivity contribution < 1.29 is 9.13 Å². The lowest BCUT2D eigenvalue weighted by Gasteiger charge is -2.42. The van der Waals surface area contributed by atoms with Gasteiger partial charge in [-0.25, -0.2) is 4.39 Å². The maximum atomic E-state index is 14.1. The van der Waals surface area contributed by atoms with Crippen molar-refractivity contribution in [3.8, 4) is 17.0 Å². The molecule has 0 spiro atoms. The number of pyridine rings is 1. The van der Waals surface area contributed by atoms with Gasteiger partial charge in [0.25, 0.3) is 0 Å². The van der Waals surface area contributed by atoms with E-state index in [2.05, 4.69) is 9.88 Å². The van der Waals surface area contributed by atoms with Gasteiger partial charge in [0.15, 0.2) is 0 Å². The molecule has 24 heavy (non-hydrogen) atoms. The molecule has 1 aromatic heterocycles. The molecular formula is C20H23FN2O. The lowest BCUT2D eigenvalue weighted by Crippen LogP contribution is -2.48. The minimum absolute atomic E-state index is 0.231. The SMILES string of the molecule is Cc1ccc(-c2ccc(O[C@H]3CC[N@@]4CCC[C@H]3C4)cn2)c(F)c1. The van der Waals surface area contributed by atoms with Crippen molar-refractivity contribution in [3.63, 3.8) is 0 Å². The molecule has 0 unspecified atom stereocenters. The van der Waals surface area contributed by atoms with Crippen LogP contribution in [0.2, 0.25) is 0 Å². The first-order valence-corrected chi connectivity index (χ1v) is 8.80. The van der Waals surface area contributed by atoms with Gasteiger partial charge in [0, 0.05) is 24.6 Å². The highest BCUT2D eigenvalue weighted by molar-refractivity contribution is 5.60. The third kappa shape index (κ3) is 3.16. The Morgan fingerprint density at radius 1 is 1.17 bits per heavy atom. The standard InChI is InChI=1S/C20H23FN2O/c1-14-4-6-17(18(21)11-14)19-7-5-16(12-22-19)24-20-8-10-23-9-2-3-15(20)13-23/h4-7,11-12,15,20H,2-3,8-10,13H2,1H3/t15-,20-/m0/s1. The van der Waals surface area contributed by atoms with Crippen LogP contribution in [0.25, 0.3) is 11.3 Å². The van der Waals surface area contributed by atoms with Gasteiger partial charge in [-0.1, -0.05) is 6.07 Å². The molecule has 2 aliphatic heterocycles. The van der Waals surface area contributed by atoms with Gasteiger partial charge >= 0.3 is 0 Å². The van der Waals surface area contributed by atoms with Crippen molar-refractivity contribution >= 4 is 0 Å². The van der Waals surface area contributed by atoms with Crippen LogP contribution in [-0.4, -0.2) is 35.6 Å². The topological polar surface area (TPSA) is 25.4 Å². The first kappa shape index (κ1) is 15.6. The highest BCUT2D eigenvalue weighted by Gasteiger charge is 2.33. The van der Waals surface area contributed by atoms with E-state index in [0.29, 0.717) is 17.2 Å². The predicted molar refractivity (Wildman–Crippen MR) is 92.6 cm³/mol. The molecule has 2 fully saturated rings. The number of ether oxygens (including phenoxy) is 1. The number of hydrogen-bond donors (Lipinski definition) is 0. The van der Waals surface area contributed by atoms with Crippen molar-refractivity contribution in [1.29, 1.82) is 0 Å². The number of hydrogen-bond acceptors (Lipinski definition) is 3. The summed E-state index contributed by atoms with van der Waals surface area (Å²) >= 11 is 0. The van der Waals surface area contributed by atoms with Gasteiger partial charge < -0.3 is 9.64 Å². The molecule has 0 N–H and O–H groups in total. The Kier molecular flexibility index (Phi) is 4.23. The molecule has 2 saturated heterocycles. The largest absolute Gasteiger partial charge is 0.488 e. The Bertz CT molecular complexity index is 716. The second kappa shape index (κ2) is 6.52. The number of rotatable bonds is 3. The average molecular weight is 326 g/mol. The molecular weight excluding hydrogens is 303 g/mol. The third-order valence-electron chi connectivity index (χ3n) is 5.22. The van der Waals surface area contributed by atoms with E-state index < -0.39 is 0 Å². The molecule has 3 atom stereocenters. The summed E-state index contributed by atoms with van der Waals surface area (Å²) in [4.78, 5) is 6.95. The molecule has 3 nitrogen and oxygen atoms in total. The number of fused-ring (bicyclic) bond motifs is 2. The van der Waals surface area contributed by atoms with Gasteiger partial charge in [0.05, 0.1) is 11.9 Å². The van der Waals surface area contributed by atoms with Crippen LogP contribution in [-0.2, 0) is 0 Å². The van der Waals surface area contributed by atoms with Crippen molar-refractivity contribution in [2.45, 2.75) is 32.3 Å². The predicted octanol–water partition coefficient (Wildman–Crippen LogP) is 4.06. The van der Waals surface area contributed by atoms with Crippen molar-refractivity contribution in [3.05, 3.63) is 47.9 Å². The zero-order valence-electron chi connectivity index (χ0n) is 14.0. The van der Waals surface area contributed by atoms with E-state index in [1.54, 1.807) is 12.3 Å². The van der Waals surface area contributed by atoms with Crippen LogP contribution in [0.1, 0.15) is 24.8 Å². The molecule has 2 aliphatic rings. The van der Waals surface area contributed by atoms with Gasteiger partial charge in [-0.3, -0.25) is 4.98 Å². The molecule has 1 aromatic carbocycles. The van der Waals surface area contributed by atoms with Crippen molar-refractivity contribution in [1.82, 2.24) is 9.88 Å². The molecule has 4 heteroatoms. The third-order valence-corrected chi connectivity index (χ3v) is 5.22. The normalized spacial score (nSPS) is 26.2. The Hall–Kier alpha value is -1.94. The van der Waals surface area contributed by atoms with E-state index in [4.69, 9.17) is 4.74 Å². The van der Waals surface area contributed by atoms with Crippen molar-refractivity contribution in [2.24, 2.45) is 5.92 Å². The minimum Gasteiger partial charge on any atom is -0.488 e. The summed E-state index contributed by atoms with van der Waals surface area (Å²) in [5, 5.41) is 0. The van der Waals surface area contributed by atoms with Crippen molar-refractivity contribution in [2.75, 3.05) is 19.6 Å². The zero-order chi connectivity index (χ0) is 16.5. The fourth-order valence-electron chi connectivity index (χ4n) is 3.91. The van der Waals surface area contributed by atoms with Crippen LogP contribution >= 0.6 is 0 Å². The molecule has 3 heterocycles. The molecule has 0 radical (unpaired) electrons. The van der Waals surface area contributed by atoms with E-state index in [9.17, 15) is 4.39 Å². The lowest BCUT2D eigenvalue weighted by atomic mass is 9.87. The summed E-state index contributed by atoms with van der Waals surface area (Å²) in [5.74, 6) is 1.18. The van der Waals surface area contributed by atoms with E-state index in [1.807, 2.05) is 25.1 Å². The molecule has 0 saturated carbocycles. The molecule has 2 bridgehead atoms. The second-order valence-electron chi connectivity index (χ2n) is 7.01. The lowest BCUT2D eigenvalue weighted by molar-refractivity contribution is 0.0150. The molecule has 4 rings (SSSR count). The summed E-state index contributed by atoms with van der Waals surface area (Å²) in [7, 11) is 0. The van der Waals surface area contributed by atoms with Crippen LogP contribution in [0, 0.1) is 18.7 Å². The highest BCUT2D eigenvalue weighted by atomic mass is 19.1. The number of piperidine rings is 2. The maximum absolute atomic E-state index is 14.1. The van der Waals surface area contributed by atoms with E-state index in [0.717, 1.165) is 30.8 Å². The first-order valence-electron chi connectivity index (χ1n) is 8.80. The average Bonchev–Trinajstić information content (AvgIpc) is 2.59. The molecule has 0 aliphatic carbocycles. The number of halogens is 1. The summed E-state index contributed by atoms with van der Waals surface area (Å²) in [5.41, 5.74) is 2.09. The number of aromatic nitrogens is 1. The number of aryl methyl sites for hydroxylation is 1. The maximum Gasteiger partial charge on any atom is 0.138 e. The van der Waals surface area contributed by atoms with Crippen LogP contribution in [0.15, 0.2) is 36.5 Å². The quantitative estimate of drug-likeness (QED) is 0.850. The smallest absolute Gasteiger partial charge is 0.138 e. The Morgan fingerprint density at radius 2 is 2.08 bits per heavy atom. The summed E-state index contributed by atoms with van der Waals surface area (Å²) in [6, 6.07) is 8.99. The van der Waals surface area contributed by atoms with E-state index in [1.165, 1.54) is 25.5 Å². The molecule has 126 valence electrons. The first-order chi connectivity index (χ1) is 11.7. The van der Waals surface area contributed by atoms with Crippen LogP contribution < -0.4 is 4.74 Å². The molecule has 2 aromatic rings. The summed E-state index contributed by atoms with van der Waals surface area (Å²) in [6.07, 6.45) is 5.61. The fourth-order valence-corrected chi connectivity index (χ4v) is 3.91. The van der Waals surface area contributed by atoms with E-state index in [-0.39, 0.29) is 11.9 Å². The van der Waals surface area contributed by atoms with Crippen LogP contribution in [0.5, 0.6) is 5.75 Å². The van der Waals surface area contributed by atoms with Gasteiger partial charge in [0.2, 0.25) is 0 Å². The van der Waals surface area contributed by atoms with Crippen LogP contribution in [0.3, 0.4) is 0 Å². The van der Waals surface area contributed by atoms with Gasteiger partial charge in [-0.2, -0.15) is 0 Å². The highest BCUT2D eigenvalue weighted by Crippen LogP contribution is 2.30. The van der Waals surface area contributed by atoms with Crippen LogP contribution in [0.4, 0.5) is 4.39 Å². The van der Waals surface area contributed by atoms with E-state index >= 15 is 0 Å². The van der Waals surface area contributed by atoms with Gasteiger partial charge in [-0.15, -0.1) is 0 Å². The summed E-state index contributed by atoms with van der Waals surface area (Å²) in [6.45, 7) is 5.40. The summed E-state index contributed by atoms with van der Waals surface area (Å²) < 4.78 is 20.3. The Morgan fingerprint density at radius 3 is 2.88 bits per heavy atom. The number of nitrogens with zero attached hydrogens (tertiary/aromatic N) is 2. The van der Waals surface area contributed by atoms with Gasteiger partial charge in [0.1, 0.15) is 17.7 Å². The Balaban J connectivity index is 1.47. The second-order valence-corrected chi connectivity index (χ2v) is 7.01. The monoisotopic (exact) mass is 326 g/mol. The minimum atomic E-state index is -0.231.